The highest BCUT2D eigenvalue weighted by Crippen LogP contribution is 2.21. The first-order valence-corrected chi connectivity index (χ1v) is 10.6. The van der Waals surface area contributed by atoms with E-state index in [4.69, 9.17) is 21.1 Å². The lowest BCUT2D eigenvalue weighted by molar-refractivity contribution is 0.0600. The molecule has 2 heterocycles. The van der Waals surface area contributed by atoms with Crippen LogP contribution in [-0.2, 0) is 16.0 Å². The van der Waals surface area contributed by atoms with Gasteiger partial charge in [-0.15, -0.1) is 0 Å². The van der Waals surface area contributed by atoms with Gasteiger partial charge in [0, 0.05) is 25.3 Å². The first-order valence-electron chi connectivity index (χ1n) is 10.2. The minimum absolute atomic E-state index is 0.00962. The van der Waals surface area contributed by atoms with Gasteiger partial charge in [0.15, 0.2) is 0 Å². The van der Waals surface area contributed by atoms with Crippen LogP contribution < -0.4 is 15.8 Å². The van der Waals surface area contributed by atoms with Crippen molar-refractivity contribution in [2.45, 2.75) is 6.54 Å². The Morgan fingerprint density at radius 2 is 1.88 bits per heavy atom. The summed E-state index contributed by atoms with van der Waals surface area (Å²) in [5, 5.41) is 7.36. The second-order valence-corrected chi connectivity index (χ2v) is 7.60. The van der Waals surface area contributed by atoms with E-state index in [0.717, 1.165) is 42.2 Å². The number of rotatable bonds is 6. The summed E-state index contributed by atoms with van der Waals surface area (Å²) in [6, 6.07) is 14.8. The summed E-state index contributed by atoms with van der Waals surface area (Å²) in [5.74, 6) is -0.562. The van der Waals surface area contributed by atoms with Crippen LogP contribution in [-0.4, -0.2) is 49.2 Å². The van der Waals surface area contributed by atoms with Gasteiger partial charge in [-0.25, -0.2) is 4.79 Å². The molecule has 1 aliphatic rings. The number of methoxy groups -OCH3 is 1. The van der Waals surface area contributed by atoms with E-state index < -0.39 is 11.5 Å². The van der Waals surface area contributed by atoms with Gasteiger partial charge in [-0.1, -0.05) is 35.9 Å². The molecule has 0 amide bonds. The van der Waals surface area contributed by atoms with Crippen molar-refractivity contribution in [3.05, 3.63) is 81.2 Å². The van der Waals surface area contributed by atoms with E-state index in [1.165, 1.54) is 13.3 Å². The van der Waals surface area contributed by atoms with Gasteiger partial charge in [-0.2, -0.15) is 9.78 Å². The van der Waals surface area contributed by atoms with Crippen molar-refractivity contribution in [3.8, 4) is 5.69 Å². The molecule has 0 saturated carbocycles. The topological polar surface area (TPSA) is 85.7 Å². The third-order valence-electron chi connectivity index (χ3n) is 5.25. The number of benzene rings is 2. The molecule has 32 heavy (non-hydrogen) atoms. The zero-order valence-electron chi connectivity index (χ0n) is 17.6. The van der Waals surface area contributed by atoms with Gasteiger partial charge < -0.3 is 19.7 Å². The monoisotopic (exact) mass is 454 g/mol. The van der Waals surface area contributed by atoms with Gasteiger partial charge >= 0.3 is 5.97 Å². The fraction of sp³-hybridized carbons (Fsp3) is 0.261. The van der Waals surface area contributed by atoms with Crippen molar-refractivity contribution >= 4 is 28.9 Å². The van der Waals surface area contributed by atoms with E-state index in [1.807, 2.05) is 12.1 Å². The highest BCUT2D eigenvalue weighted by atomic mass is 35.5. The van der Waals surface area contributed by atoms with Crippen LogP contribution in [0.1, 0.15) is 15.9 Å². The Bertz CT molecular complexity index is 1160. The maximum Gasteiger partial charge on any atom is 0.340 e. The van der Waals surface area contributed by atoms with Crippen LogP contribution in [0.5, 0.6) is 0 Å². The quantitative estimate of drug-likeness (QED) is 0.573. The van der Waals surface area contributed by atoms with Crippen molar-refractivity contribution in [1.29, 1.82) is 0 Å². The molecular weight excluding hydrogens is 432 g/mol. The average molecular weight is 455 g/mol. The molecule has 0 aliphatic carbocycles. The van der Waals surface area contributed by atoms with Crippen molar-refractivity contribution in [1.82, 2.24) is 9.78 Å². The number of ether oxygens (including phenoxy) is 2. The number of hydrogen-bond donors (Lipinski definition) is 1. The molecule has 0 atom stereocenters. The minimum Gasteiger partial charge on any atom is -0.465 e. The standard InChI is InChI=1S/C23H23ClN4O4/c1-31-23(30)18-4-2-3-5-20(18)28-22(29)21(24)19(15-26-28)25-14-16-6-8-17(9-7-16)27-10-12-32-13-11-27/h2-9,15,25H,10-14H2,1H3. The van der Waals surface area contributed by atoms with Crippen molar-refractivity contribution in [3.63, 3.8) is 0 Å². The van der Waals surface area contributed by atoms with E-state index in [2.05, 4.69) is 27.4 Å². The number of nitrogens with one attached hydrogen (secondary N) is 1. The Hall–Kier alpha value is -3.36. The second kappa shape index (κ2) is 9.84. The third kappa shape index (κ3) is 4.61. The molecule has 1 saturated heterocycles. The van der Waals surface area contributed by atoms with Gasteiger partial charge in [0.05, 0.1) is 43.5 Å². The number of anilines is 2. The first kappa shape index (κ1) is 21.9. The Labute approximate surface area is 190 Å². The van der Waals surface area contributed by atoms with Crippen LogP contribution in [0.15, 0.2) is 59.5 Å². The molecule has 3 aromatic rings. The van der Waals surface area contributed by atoms with Gasteiger partial charge in [-0.3, -0.25) is 4.79 Å². The predicted molar refractivity (Wildman–Crippen MR) is 123 cm³/mol. The number of halogens is 1. The number of carbonyl (C=O) groups excluding carboxylic acids is 1. The molecule has 1 aliphatic heterocycles. The largest absolute Gasteiger partial charge is 0.465 e. The van der Waals surface area contributed by atoms with Gasteiger partial charge in [-0.05, 0) is 29.8 Å². The number of hydrogen-bond acceptors (Lipinski definition) is 7. The molecule has 0 unspecified atom stereocenters. The Morgan fingerprint density at radius 1 is 1.16 bits per heavy atom. The number of nitrogens with zero attached hydrogens (tertiary/aromatic N) is 3. The molecule has 166 valence electrons. The number of para-hydroxylation sites is 1. The molecule has 2 aromatic carbocycles. The number of esters is 1. The summed E-state index contributed by atoms with van der Waals surface area (Å²) < 4.78 is 11.3. The fourth-order valence-corrected chi connectivity index (χ4v) is 3.71. The zero-order valence-corrected chi connectivity index (χ0v) is 18.3. The summed E-state index contributed by atoms with van der Waals surface area (Å²) in [7, 11) is 1.28. The molecule has 0 bridgehead atoms. The lowest BCUT2D eigenvalue weighted by atomic mass is 10.2. The van der Waals surface area contributed by atoms with Gasteiger partial charge in [0.1, 0.15) is 5.02 Å². The van der Waals surface area contributed by atoms with E-state index in [9.17, 15) is 9.59 Å². The molecule has 8 nitrogen and oxygen atoms in total. The van der Waals surface area contributed by atoms with Crippen molar-refractivity contribution < 1.29 is 14.3 Å². The Balaban J connectivity index is 1.50. The summed E-state index contributed by atoms with van der Waals surface area (Å²) in [6.45, 7) is 3.73. The maximum atomic E-state index is 12.8. The summed E-state index contributed by atoms with van der Waals surface area (Å²) in [4.78, 5) is 27.2. The third-order valence-corrected chi connectivity index (χ3v) is 5.62. The predicted octanol–water partition coefficient (Wildman–Crippen LogP) is 3.12. The lowest BCUT2D eigenvalue weighted by Crippen LogP contribution is -2.36. The van der Waals surface area contributed by atoms with Crippen LogP contribution in [0, 0.1) is 0 Å². The summed E-state index contributed by atoms with van der Waals surface area (Å²) in [6.07, 6.45) is 1.47. The van der Waals surface area contributed by atoms with Gasteiger partial charge in [0.2, 0.25) is 0 Å². The molecule has 4 rings (SSSR count). The average Bonchev–Trinajstić information content (AvgIpc) is 2.85. The number of carbonyl (C=O) groups is 1. The fourth-order valence-electron chi connectivity index (χ4n) is 3.51. The zero-order chi connectivity index (χ0) is 22.5. The summed E-state index contributed by atoms with van der Waals surface area (Å²) >= 11 is 6.34. The first-order chi connectivity index (χ1) is 15.6. The van der Waals surface area contributed by atoms with Crippen LogP contribution in [0.4, 0.5) is 11.4 Å². The molecule has 1 aromatic heterocycles. The normalized spacial score (nSPS) is 13.6. The second-order valence-electron chi connectivity index (χ2n) is 7.22. The molecule has 9 heteroatoms. The van der Waals surface area contributed by atoms with E-state index in [1.54, 1.807) is 24.3 Å². The molecule has 0 radical (unpaired) electrons. The molecule has 1 fully saturated rings. The van der Waals surface area contributed by atoms with Crippen LogP contribution in [0.3, 0.4) is 0 Å². The van der Waals surface area contributed by atoms with Crippen molar-refractivity contribution in [2.75, 3.05) is 43.6 Å². The maximum absolute atomic E-state index is 12.8. The van der Waals surface area contributed by atoms with E-state index in [-0.39, 0.29) is 10.6 Å². The summed E-state index contributed by atoms with van der Waals surface area (Å²) in [5.41, 5.74) is 2.61. The highest BCUT2D eigenvalue weighted by molar-refractivity contribution is 6.32. The van der Waals surface area contributed by atoms with E-state index in [0.29, 0.717) is 17.9 Å². The van der Waals surface area contributed by atoms with Crippen LogP contribution >= 0.6 is 11.6 Å². The highest BCUT2D eigenvalue weighted by Gasteiger charge is 2.17. The minimum atomic E-state index is -0.562. The number of aromatic nitrogens is 2. The van der Waals surface area contributed by atoms with E-state index >= 15 is 0 Å². The lowest BCUT2D eigenvalue weighted by Gasteiger charge is -2.28. The Kier molecular flexibility index (Phi) is 6.72. The van der Waals surface area contributed by atoms with Crippen molar-refractivity contribution in [2.24, 2.45) is 0 Å². The van der Waals surface area contributed by atoms with Crippen LogP contribution in [0.25, 0.3) is 5.69 Å². The molecular formula is C23H23ClN4O4. The van der Waals surface area contributed by atoms with Gasteiger partial charge in [0.25, 0.3) is 5.56 Å². The Morgan fingerprint density at radius 3 is 2.59 bits per heavy atom. The smallest absolute Gasteiger partial charge is 0.340 e. The van der Waals surface area contributed by atoms with Crippen LogP contribution in [0.2, 0.25) is 5.02 Å². The molecule has 1 N–H and O–H groups in total. The molecule has 0 spiro atoms. The SMILES string of the molecule is COC(=O)c1ccccc1-n1ncc(NCc2ccc(N3CCOCC3)cc2)c(Cl)c1=O. The number of morpholine rings is 1.